The zero-order valence-corrected chi connectivity index (χ0v) is 12.6. The van der Waals surface area contributed by atoms with Gasteiger partial charge < -0.3 is 11.1 Å². The molecule has 3 N–H and O–H groups in total. The number of hydrogen-bond acceptors (Lipinski definition) is 5. The molecule has 0 saturated heterocycles. The van der Waals surface area contributed by atoms with Crippen molar-refractivity contribution < 1.29 is 13.2 Å². The number of nitrogens with zero attached hydrogens (tertiary/aromatic N) is 1. The molecule has 0 fully saturated rings. The van der Waals surface area contributed by atoms with Crippen LogP contribution >= 0.6 is 23.8 Å². The normalized spacial score (nSPS) is 12.2. The molecule has 6 nitrogen and oxygen atoms in total. The molecule has 9 heteroatoms. The summed E-state index contributed by atoms with van der Waals surface area (Å²) in [5, 5.41) is 11.5. The number of sulfone groups is 1. The summed E-state index contributed by atoms with van der Waals surface area (Å²) in [6, 6.07) is 5.64. The molecule has 1 rings (SSSR count). The third-order valence-electron chi connectivity index (χ3n) is 2.24. The summed E-state index contributed by atoms with van der Waals surface area (Å²) in [5.41, 5.74) is 5.27. The molecular weight excluding hydrogens is 322 g/mol. The van der Waals surface area contributed by atoms with Crippen molar-refractivity contribution in [2.75, 3.05) is 11.6 Å². The van der Waals surface area contributed by atoms with Gasteiger partial charge in [-0.15, -0.1) is 0 Å². The lowest BCUT2D eigenvalue weighted by Crippen LogP contribution is -2.32. The van der Waals surface area contributed by atoms with Crippen LogP contribution in [0.3, 0.4) is 0 Å². The van der Waals surface area contributed by atoms with E-state index in [0.29, 0.717) is 0 Å². The Bertz CT molecular complexity index is 710. The zero-order chi connectivity index (χ0) is 15.5. The zero-order valence-electron chi connectivity index (χ0n) is 10.3. The molecule has 0 aliphatic carbocycles. The molecule has 1 aromatic rings. The first-order valence-corrected chi connectivity index (χ1v) is 7.83. The molecule has 106 valence electrons. The number of thiocarbonyl (C=S) groups is 1. The highest BCUT2D eigenvalue weighted by Crippen LogP contribution is 2.23. The fourth-order valence-corrected chi connectivity index (χ4v) is 2.58. The van der Waals surface area contributed by atoms with Gasteiger partial charge in [-0.3, -0.25) is 4.79 Å². The third kappa shape index (κ3) is 4.16. The van der Waals surface area contributed by atoms with Crippen molar-refractivity contribution >= 4 is 50.2 Å². The van der Waals surface area contributed by atoms with Crippen molar-refractivity contribution in [1.82, 2.24) is 0 Å². The van der Waals surface area contributed by atoms with Gasteiger partial charge in [-0.2, -0.15) is 5.26 Å². The summed E-state index contributed by atoms with van der Waals surface area (Å²) in [5.74, 6) is -2.19. The van der Waals surface area contributed by atoms with Crippen molar-refractivity contribution in [2.24, 2.45) is 11.7 Å². The number of rotatable bonds is 4. The summed E-state index contributed by atoms with van der Waals surface area (Å²) >= 11 is 10.7. The van der Waals surface area contributed by atoms with Crippen LogP contribution in [-0.4, -0.2) is 25.6 Å². The number of carbonyl (C=O) groups excluding carboxylic acids is 1. The van der Waals surface area contributed by atoms with Crippen LogP contribution in [0.5, 0.6) is 0 Å². The van der Waals surface area contributed by atoms with Crippen LogP contribution in [0.2, 0.25) is 5.02 Å². The molecule has 1 unspecified atom stereocenters. The summed E-state index contributed by atoms with van der Waals surface area (Å²) in [6.07, 6.45) is 1.03. The molecule has 0 aliphatic heterocycles. The third-order valence-corrected chi connectivity index (χ3v) is 3.89. The van der Waals surface area contributed by atoms with Gasteiger partial charge in [-0.25, -0.2) is 8.42 Å². The SMILES string of the molecule is CS(=O)(=O)c1cc(Cl)cc(NC(=S)C(C#N)C(N)=O)c1. The number of nitrogens with one attached hydrogen (secondary N) is 1. The Hall–Kier alpha value is -1.69. The van der Waals surface area contributed by atoms with E-state index in [-0.39, 0.29) is 20.6 Å². The molecule has 1 atom stereocenters. The van der Waals surface area contributed by atoms with Crippen LogP contribution in [-0.2, 0) is 14.6 Å². The first-order chi connectivity index (χ1) is 9.15. The van der Waals surface area contributed by atoms with Gasteiger partial charge in [-0.05, 0) is 18.2 Å². The van der Waals surface area contributed by atoms with Crippen molar-refractivity contribution in [3.8, 4) is 6.07 Å². The molecule has 1 amide bonds. The van der Waals surface area contributed by atoms with Gasteiger partial charge in [0.2, 0.25) is 5.91 Å². The fourth-order valence-electron chi connectivity index (χ4n) is 1.31. The highest BCUT2D eigenvalue weighted by atomic mass is 35.5. The Morgan fingerprint density at radius 3 is 2.55 bits per heavy atom. The highest BCUT2D eigenvalue weighted by molar-refractivity contribution is 7.90. The van der Waals surface area contributed by atoms with Crippen molar-refractivity contribution in [3.05, 3.63) is 23.2 Å². The van der Waals surface area contributed by atoms with E-state index in [1.54, 1.807) is 6.07 Å². The van der Waals surface area contributed by atoms with Crippen molar-refractivity contribution in [2.45, 2.75) is 4.90 Å². The molecule has 0 saturated carbocycles. The number of halogens is 1. The summed E-state index contributed by atoms with van der Waals surface area (Å²) in [7, 11) is -3.45. The quantitative estimate of drug-likeness (QED) is 0.799. The van der Waals surface area contributed by atoms with Gasteiger partial charge in [-0.1, -0.05) is 23.8 Å². The fraction of sp³-hybridized carbons (Fsp3) is 0.182. The minimum Gasteiger partial charge on any atom is -0.368 e. The maximum atomic E-state index is 11.5. The smallest absolute Gasteiger partial charge is 0.241 e. The van der Waals surface area contributed by atoms with Gasteiger partial charge in [0, 0.05) is 17.0 Å². The minimum absolute atomic E-state index is 0.0112. The van der Waals surface area contributed by atoms with E-state index in [1.165, 1.54) is 18.2 Å². The number of benzene rings is 1. The second kappa shape index (κ2) is 6.17. The topological polar surface area (TPSA) is 113 Å². The second-order valence-electron chi connectivity index (χ2n) is 3.90. The highest BCUT2D eigenvalue weighted by Gasteiger charge is 2.20. The van der Waals surface area contributed by atoms with E-state index in [2.05, 4.69) is 5.32 Å². The van der Waals surface area contributed by atoms with Crippen LogP contribution in [0.25, 0.3) is 0 Å². The van der Waals surface area contributed by atoms with Crippen LogP contribution in [0.1, 0.15) is 0 Å². The molecule has 0 bridgehead atoms. The van der Waals surface area contributed by atoms with E-state index in [0.717, 1.165) is 6.26 Å². The molecule has 1 aromatic carbocycles. The number of primary amides is 1. The Kier molecular flexibility index (Phi) is 5.05. The average molecular weight is 332 g/mol. The standard InChI is InChI=1S/C11H10ClN3O3S2/c1-20(17,18)8-3-6(12)2-7(4-8)15-11(19)9(5-13)10(14)16/h2-4,9H,1H3,(H2,14,16)(H,15,19). The average Bonchev–Trinajstić information content (AvgIpc) is 2.26. The van der Waals surface area contributed by atoms with Crippen molar-refractivity contribution in [1.29, 1.82) is 5.26 Å². The Morgan fingerprint density at radius 2 is 2.10 bits per heavy atom. The first kappa shape index (κ1) is 16.4. The number of amides is 1. The van der Waals surface area contributed by atoms with Gasteiger partial charge in [0.1, 0.15) is 4.99 Å². The number of nitriles is 1. The number of anilines is 1. The molecule has 0 spiro atoms. The van der Waals surface area contributed by atoms with Gasteiger partial charge in [0.25, 0.3) is 0 Å². The predicted molar refractivity (Wildman–Crippen MR) is 79.1 cm³/mol. The van der Waals surface area contributed by atoms with Gasteiger partial charge in [0.05, 0.1) is 11.0 Å². The van der Waals surface area contributed by atoms with E-state index < -0.39 is 21.7 Å². The molecule has 0 aromatic heterocycles. The predicted octanol–water partition coefficient (Wildman–Crippen LogP) is 1.11. The Morgan fingerprint density at radius 1 is 1.50 bits per heavy atom. The maximum absolute atomic E-state index is 11.5. The minimum atomic E-state index is -3.45. The van der Waals surface area contributed by atoms with Crippen LogP contribution in [0.4, 0.5) is 5.69 Å². The lowest BCUT2D eigenvalue weighted by molar-refractivity contribution is -0.118. The van der Waals surface area contributed by atoms with E-state index in [4.69, 9.17) is 34.8 Å². The lowest BCUT2D eigenvalue weighted by atomic mass is 10.1. The second-order valence-corrected chi connectivity index (χ2v) is 6.79. The monoisotopic (exact) mass is 331 g/mol. The van der Waals surface area contributed by atoms with E-state index in [1.807, 2.05) is 0 Å². The van der Waals surface area contributed by atoms with Crippen LogP contribution in [0.15, 0.2) is 23.1 Å². The number of nitrogens with two attached hydrogens (primary N) is 1. The summed E-state index contributed by atoms with van der Waals surface area (Å²) in [4.78, 5) is 10.9. The molecule has 0 heterocycles. The van der Waals surface area contributed by atoms with Crippen LogP contribution in [0, 0.1) is 17.2 Å². The summed E-state index contributed by atoms with van der Waals surface area (Å²) in [6.45, 7) is 0. The molecule has 0 aliphatic rings. The number of hydrogen-bond donors (Lipinski definition) is 2. The first-order valence-electron chi connectivity index (χ1n) is 5.15. The van der Waals surface area contributed by atoms with Crippen molar-refractivity contribution in [3.63, 3.8) is 0 Å². The maximum Gasteiger partial charge on any atom is 0.241 e. The molecule has 0 radical (unpaired) electrons. The van der Waals surface area contributed by atoms with Gasteiger partial charge >= 0.3 is 0 Å². The lowest BCUT2D eigenvalue weighted by Gasteiger charge is -2.11. The molecular formula is C11H10ClN3O3S2. The van der Waals surface area contributed by atoms with Gasteiger partial charge in [0.15, 0.2) is 15.8 Å². The Labute approximate surface area is 126 Å². The molecule has 20 heavy (non-hydrogen) atoms. The summed E-state index contributed by atoms with van der Waals surface area (Å²) < 4.78 is 23.0. The van der Waals surface area contributed by atoms with E-state index in [9.17, 15) is 13.2 Å². The van der Waals surface area contributed by atoms with Crippen LogP contribution < -0.4 is 11.1 Å². The Balaban J connectivity index is 3.11. The largest absolute Gasteiger partial charge is 0.368 e. The van der Waals surface area contributed by atoms with E-state index >= 15 is 0 Å². The number of carbonyl (C=O) groups is 1.